The molecule has 9 heteroatoms. The number of ether oxygens (including phenoxy) is 1. The minimum atomic E-state index is -4.32. The van der Waals surface area contributed by atoms with Crippen molar-refractivity contribution in [2.45, 2.75) is 56.0 Å². The Morgan fingerprint density at radius 2 is 1.90 bits per heavy atom. The molecule has 0 radical (unpaired) electrons. The van der Waals surface area contributed by atoms with Crippen molar-refractivity contribution >= 4 is 22.7 Å². The van der Waals surface area contributed by atoms with Gasteiger partial charge in [0.25, 0.3) is 0 Å². The number of likely N-dealkylation sites (tertiary alicyclic amines) is 1. The number of fused-ring (bicyclic) bond motifs is 1. The van der Waals surface area contributed by atoms with Crippen LogP contribution in [-0.4, -0.2) is 67.2 Å². The highest BCUT2D eigenvalue weighted by molar-refractivity contribution is 7.99. The van der Waals surface area contributed by atoms with Gasteiger partial charge in [0.1, 0.15) is 5.75 Å². The number of alkyl halides is 3. The number of rotatable bonds is 10. The Bertz CT molecular complexity index is 1230. The van der Waals surface area contributed by atoms with Gasteiger partial charge >= 0.3 is 6.18 Å². The largest absolute Gasteiger partial charge is 0.497 e. The van der Waals surface area contributed by atoms with Crippen molar-refractivity contribution in [3.05, 3.63) is 65.9 Å². The van der Waals surface area contributed by atoms with Crippen LogP contribution in [0, 0.1) is 11.8 Å². The maximum Gasteiger partial charge on any atom is 0.416 e. The van der Waals surface area contributed by atoms with E-state index in [0.29, 0.717) is 10.8 Å². The number of benzene rings is 2. The molecule has 0 spiro atoms. The highest BCUT2D eigenvalue weighted by atomic mass is 32.2. The van der Waals surface area contributed by atoms with Crippen LogP contribution >= 0.6 is 11.8 Å². The van der Waals surface area contributed by atoms with Gasteiger partial charge in [-0.1, -0.05) is 12.5 Å². The van der Waals surface area contributed by atoms with Crippen LogP contribution in [0.5, 0.6) is 5.75 Å². The average Bonchev–Trinajstić information content (AvgIpc) is 3.02. The molecule has 3 aromatic rings. The summed E-state index contributed by atoms with van der Waals surface area (Å²) in [6.07, 6.45) is 5.85. The maximum absolute atomic E-state index is 12.9. The molecule has 0 amide bonds. The molecule has 2 atom stereocenters. The number of piperidine rings is 2. The van der Waals surface area contributed by atoms with Crippen molar-refractivity contribution < 1.29 is 23.0 Å². The molecular formula is C33H44F3N3O2S. The maximum atomic E-state index is 12.9. The number of nitrogens with one attached hydrogen (secondary N) is 1. The van der Waals surface area contributed by atoms with E-state index in [0.717, 1.165) is 73.8 Å². The van der Waals surface area contributed by atoms with Crippen LogP contribution in [0.15, 0.2) is 59.6 Å². The highest BCUT2D eigenvalue weighted by Gasteiger charge is 2.31. The van der Waals surface area contributed by atoms with E-state index >= 15 is 0 Å². The van der Waals surface area contributed by atoms with Crippen LogP contribution in [-0.2, 0) is 12.6 Å². The lowest BCUT2D eigenvalue weighted by molar-refractivity contribution is -0.137. The van der Waals surface area contributed by atoms with E-state index in [4.69, 9.17) is 4.74 Å². The van der Waals surface area contributed by atoms with E-state index in [1.54, 1.807) is 13.2 Å². The van der Waals surface area contributed by atoms with Crippen LogP contribution in [0.2, 0.25) is 0 Å². The van der Waals surface area contributed by atoms with Crippen LogP contribution in [0.3, 0.4) is 0 Å². The number of halogens is 3. The van der Waals surface area contributed by atoms with Gasteiger partial charge in [-0.25, -0.2) is 0 Å². The Hall–Kier alpha value is -2.33. The predicted molar refractivity (Wildman–Crippen MR) is 165 cm³/mol. The van der Waals surface area contributed by atoms with Crippen LogP contribution < -0.4 is 10.1 Å². The lowest BCUT2D eigenvalue weighted by atomic mass is 9.82. The van der Waals surface area contributed by atoms with Crippen molar-refractivity contribution in [1.82, 2.24) is 15.2 Å². The van der Waals surface area contributed by atoms with Gasteiger partial charge in [0.05, 0.1) is 18.2 Å². The smallest absolute Gasteiger partial charge is 0.416 e. The van der Waals surface area contributed by atoms with E-state index in [9.17, 15) is 18.3 Å². The van der Waals surface area contributed by atoms with Gasteiger partial charge in [0.15, 0.2) is 0 Å². The summed E-state index contributed by atoms with van der Waals surface area (Å²) < 4.78 is 44.2. The van der Waals surface area contributed by atoms with Crippen LogP contribution in [0.4, 0.5) is 13.2 Å². The summed E-state index contributed by atoms with van der Waals surface area (Å²) in [7, 11) is 1.67. The number of hydrogen-bond donors (Lipinski definition) is 2. The highest BCUT2D eigenvalue weighted by Crippen LogP contribution is 2.33. The molecule has 5 nitrogen and oxygen atoms in total. The van der Waals surface area contributed by atoms with Crippen molar-refractivity contribution in [1.29, 1.82) is 0 Å². The number of methoxy groups -OCH3 is 1. The van der Waals surface area contributed by atoms with E-state index in [-0.39, 0.29) is 12.5 Å². The lowest BCUT2D eigenvalue weighted by Crippen LogP contribution is -2.42. The molecule has 2 aliphatic heterocycles. The summed E-state index contributed by atoms with van der Waals surface area (Å²) >= 11 is 1.45. The summed E-state index contributed by atoms with van der Waals surface area (Å²) in [6.45, 7) is 5.26. The van der Waals surface area contributed by atoms with E-state index in [1.807, 2.05) is 24.4 Å². The summed E-state index contributed by atoms with van der Waals surface area (Å²) in [5.41, 5.74) is 1.63. The number of aromatic nitrogens is 1. The van der Waals surface area contributed by atoms with Gasteiger partial charge in [-0.3, -0.25) is 4.98 Å². The fourth-order valence-electron chi connectivity index (χ4n) is 5.88. The van der Waals surface area contributed by atoms with Crippen molar-refractivity contribution in [2.75, 3.05) is 52.2 Å². The molecule has 2 aromatic carbocycles. The van der Waals surface area contributed by atoms with Crippen molar-refractivity contribution in [2.24, 2.45) is 11.8 Å². The van der Waals surface area contributed by atoms with Gasteiger partial charge in [0, 0.05) is 41.9 Å². The minimum Gasteiger partial charge on any atom is -0.497 e. The van der Waals surface area contributed by atoms with Crippen molar-refractivity contribution in [3.63, 3.8) is 0 Å². The molecule has 1 aromatic heterocycles. The number of aryl methyl sites for hydroxylation is 1. The molecule has 2 fully saturated rings. The number of thioether (sulfide) groups is 1. The normalized spacial score (nSPS) is 19.7. The molecule has 0 bridgehead atoms. The molecule has 2 saturated heterocycles. The first kappa shape index (κ1) is 32.6. The number of aliphatic hydroxyl groups excluding tert-OH is 1. The van der Waals surface area contributed by atoms with E-state index in [1.165, 1.54) is 61.8 Å². The summed E-state index contributed by atoms with van der Waals surface area (Å²) in [5, 5.41) is 14.5. The molecule has 42 heavy (non-hydrogen) atoms. The molecule has 230 valence electrons. The Labute approximate surface area is 252 Å². The lowest BCUT2D eigenvalue weighted by Gasteiger charge is -2.38. The zero-order valence-electron chi connectivity index (χ0n) is 24.5. The number of aliphatic hydroxyl groups is 1. The fourth-order valence-corrected chi connectivity index (χ4v) is 6.85. The molecule has 0 saturated carbocycles. The molecule has 2 aliphatic rings. The first-order chi connectivity index (χ1) is 20.4. The summed E-state index contributed by atoms with van der Waals surface area (Å²) in [4.78, 5) is 7.43. The first-order valence-corrected chi connectivity index (χ1v) is 16.1. The number of nitrogens with zero attached hydrogens (tertiary/aromatic N) is 2. The Kier molecular flexibility index (Phi) is 12.8. The third-order valence-electron chi connectivity index (χ3n) is 8.31. The molecule has 0 aliphatic carbocycles. The predicted octanol–water partition coefficient (Wildman–Crippen LogP) is 7.07. The third kappa shape index (κ3) is 9.86. The number of hydrogen-bond acceptors (Lipinski definition) is 6. The Morgan fingerprint density at radius 3 is 2.60 bits per heavy atom. The summed E-state index contributed by atoms with van der Waals surface area (Å²) in [6, 6.07) is 13.6. The second-order valence-corrected chi connectivity index (χ2v) is 12.4. The Balaban J connectivity index is 0.000000600. The quantitative estimate of drug-likeness (QED) is 0.242. The van der Waals surface area contributed by atoms with E-state index in [2.05, 4.69) is 21.3 Å². The van der Waals surface area contributed by atoms with Crippen LogP contribution in [0.1, 0.15) is 49.7 Å². The average molecular weight is 604 g/mol. The standard InChI is InChI=1S/C28H33F3N2O2S.C5H11N/c1-35-24-8-9-27-26(17-24)21(10-12-32-27)5-2-4-20-11-13-33(18-22(20)19-34)14-15-36-25-7-3-6-23(16-25)28(29,30)31;1-2-4-6-5-3-1/h3,6-10,12,16-17,20,22,34H,2,4-5,11,13-15,18-19H2,1H3;6H,1-5H2/t20-,22-;/m1./s1. The van der Waals surface area contributed by atoms with Crippen molar-refractivity contribution in [3.8, 4) is 5.75 Å². The van der Waals surface area contributed by atoms with Crippen LogP contribution in [0.25, 0.3) is 10.9 Å². The Morgan fingerprint density at radius 1 is 1.07 bits per heavy atom. The van der Waals surface area contributed by atoms with Gasteiger partial charge in [-0.05, 0) is 118 Å². The SMILES string of the molecule is C1CCNCC1.COc1ccc2nccc(CCC[C@@H]3CCN(CCSc4cccc(C(F)(F)F)c4)C[C@@H]3CO)c2c1. The van der Waals surface area contributed by atoms with Gasteiger partial charge in [-0.2, -0.15) is 13.2 Å². The topological polar surface area (TPSA) is 57.6 Å². The fraction of sp³-hybridized carbons (Fsp3) is 0.545. The summed E-state index contributed by atoms with van der Waals surface area (Å²) in [5.74, 6) is 2.26. The molecule has 2 N–H and O–H groups in total. The molecule has 5 rings (SSSR count). The van der Waals surface area contributed by atoms with E-state index < -0.39 is 11.7 Å². The third-order valence-corrected chi connectivity index (χ3v) is 9.29. The second-order valence-electron chi connectivity index (χ2n) is 11.2. The van der Waals surface area contributed by atoms with Gasteiger partial charge in [-0.15, -0.1) is 11.8 Å². The molecular weight excluding hydrogens is 559 g/mol. The monoisotopic (exact) mass is 603 g/mol. The van der Waals surface area contributed by atoms with Gasteiger partial charge < -0.3 is 20.1 Å². The number of pyridine rings is 1. The second kappa shape index (κ2) is 16.5. The minimum absolute atomic E-state index is 0.164. The zero-order valence-corrected chi connectivity index (χ0v) is 25.4. The molecule has 0 unspecified atom stereocenters. The zero-order chi connectivity index (χ0) is 29.8. The van der Waals surface area contributed by atoms with Gasteiger partial charge in [0.2, 0.25) is 0 Å². The molecule has 3 heterocycles. The first-order valence-electron chi connectivity index (χ1n) is 15.1.